The van der Waals surface area contributed by atoms with Crippen LogP contribution in [0.4, 0.5) is 5.69 Å². The molecule has 0 saturated heterocycles. The first-order valence-corrected chi connectivity index (χ1v) is 7.65. The van der Waals surface area contributed by atoms with Crippen molar-refractivity contribution in [1.82, 2.24) is 0 Å². The van der Waals surface area contributed by atoms with Gasteiger partial charge in [-0.05, 0) is 36.5 Å². The maximum absolute atomic E-state index is 3.21. The van der Waals surface area contributed by atoms with E-state index < -0.39 is 0 Å². The van der Waals surface area contributed by atoms with Gasteiger partial charge in [0.25, 0.3) is 0 Å². The highest BCUT2D eigenvalue weighted by atomic mass is 14.8. The highest BCUT2D eigenvalue weighted by molar-refractivity contribution is 5.44. The number of nitrogens with one attached hydrogen (secondary N) is 1. The van der Waals surface area contributed by atoms with Crippen LogP contribution in [0, 0.1) is 5.92 Å². The molecule has 1 saturated carbocycles. The van der Waals surface area contributed by atoms with Gasteiger partial charge in [0.05, 0.1) is 0 Å². The van der Waals surface area contributed by atoms with E-state index in [1.807, 2.05) is 7.05 Å². The topological polar surface area (TPSA) is 12.0 Å². The quantitative estimate of drug-likeness (QED) is 0.694. The molecule has 1 heteroatoms. The van der Waals surface area contributed by atoms with Crippen LogP contribution in [-0.2, 0) is 6.42 Å². The van der Waals surface area contributed by atoms with Crippen LogP contribution in [0.5, 0.6) is 0 Å². The highest BCUT2D eigenvalue weighted by Crippen LogP contribution is 2.28. The molecule has 1 aromatic carbocycles. The molecule has 0 bridgehead atoms. The van der Waals surface area contributed by atoms with E-state index in [4.69, 9.17) is 0 Å². The summed E-state index contributed by atoms with van der Waals surface area (Å²) in [5, 5.41) is 3.21. The third-order valence-electron chi connectivity index (χ3n) is 4.27. The summed E-state index contributed by atoms with van der Waals surface area (Å²) < 4.78 is 0. The molecule has 100 valence electrons. The Morgan fingerprint density at radius 1 is 1.11 bits per heavy atom. The van der Waals surface area contributed by atoms with Gasteiger partial charge in [0.2, 0.25) is 0 Å². The number of benzene rings is 1. The van der Waals surface area contributed by atoms with Crippen molar-refractivity contribution in [3.8, 4) is 0 Å². The Kier molecular flexibility index (Phi) is 5.57. The normalized spacial score (nSPS) is 16.7. The van der Waals surface area contributed by atoms with E-state index >= 15 is 0 Å². The number of unbranched alkanes of at least 4 members (excludes halogenated alkanes) is 1. The molecular formula is C17H27N. The Bertz CT molecular complexity index is 339. The molecule has 1 nitrogen and oxygen atoms in total. The summed E-state index contributed by atoms with van der Waals surface area (Å²) in [5.41, 5.74) is 2.71. The third kappa shape index (κ3) is 4.36. The van der Waals surface area contributed by atoms with E-state index in [1.54, 1.807) is 0 Å². The maximum Gasteiger partial charge on any atom is 0.0340 e. The predicted octanol–water partition coefficient (Wildman–Crippen LogP) is 5.02. The van der Waals surface area contributed by atoms with Crippen molar-refractivity contribution in [2.24, 2.45) is 5.92 Å². The van der Waals surface area contributed by atoms with Crippen molar-refractivity contribution in [3.05, 3.63) is 29.8 Å². The molecule has 0 heterocycles. The first kappa shape index (κ1) is 13.5. The molecule has 0 amide bonds. The molecule has 2 rings (SSSR count). The fourth-order valence-corrected chi connectivity index (χ4v) is 3.12. The summed E-state index contributed by atoms with van der Waals surface area (Å²) in [4.78, 5) is 0. The molecule has 0 aromatic heterocycles. The van der Waals surface area contributed by atoms with Gasteiger partial charge in [-0.25, -0.2) is 0 Å². The van der Waals surface area contributed by atoms with Gasteiger partial charge in [-0.2, -0.15) is 0 Å². The van der Waals surface area contributed by atoms with Gasteiger partial charge in [-0.1, -0.05) is 57.1 Å². The molecule has 1 aromatic rings. The van der Waals surface area contributed by atoms with Gasteiger partial charge >= 0.3 is 0 Å². The minimum absolute atomic E-state index is 1.04. The lowest BCUT2D eigenvalue weighted by Crippen LogP contribution is -2.05. The predicted molar refractivity (Wildman–Crippen MR) is 80.1 cm³/mol. The zero-order chi connectivity index (χ0) is 12.6. The molecule has 18 heavy (non-hydrogen) atoms. The van der Waals surface area contributed by atoms with E-state index in [0.29, 0.717) is 0 Å². The number of hydrogen-bond acceptors (Lipinski definition) is 1. The molecule has 0 aliphatic heterocycles. The zero-order valence-electron chi connectivity index (χ0n) is 11.8. The molecule has 0 unspecified atom stereocenters. The monoisotopic (exact) mass is 245 g/mol. The Labute approximate surface area is 112 Å². The SMILES string of the molecule is CNc1cccc(CCCCC2CCCCC2)c1. The lowest BCUT2D eigenvalue weighted by atomic mass is 9.85. The molecule has 1 aliphatic rings. The molecule has 0 radical (unpaired) electrons. The van der Waals surface area contributed by atoms with Gasteiger partial charge in [0.15, 0.2) is 0 Å². The van der Waals surface area contributed by atoms with Gasteiger partial charge < -0.3 is 5.32 Å². The number of hydrogen-bond donors (Lipinski definition) is 1. The van der Waals surface area contributed by atoms with Crippen molar-refractivity contribution in [2.75, 3.05) is 12.4 Å². The van der Waals surface area contributed by atoms with E-state index in [0.717, 1.165) is 5.92 Å². The van der Waals surface area contributed by atoms with Crippen molar-refractivity contribution in [1.29, 1.82) is 0 Å². The summed E-state index contributed by atoms with van der Waals surface area (Å²) in [5.74, 6) is 1.04. The molecule has 1 aliphatic carbocycles. The van der Waals surface area contributed by atoms with Crippen LogP contribution >= 0.6 is 0 Å². The van der Waals surface area contributed by atoms with Crippen molar-refractivity contribution >= 4 is 5.69 Å². The maximum atomic E-state index is 3.21. The van der Waals surface area contributed by atoms with Crippen molar-refractivity contribution in [3.63, 3.8) is 0 Å². The second-order valence-corrected chi connectivity index (χ2v) is 5.70. The smallest absolute Gasteiger partial charge is 0.0340 e. The van der Waals surface area contributed by atoms with E-state index in [-0.39, 0.29) is 0 Å². The van der Waals surface area contributed by atoms with E-state index in [9.17, 15) is 0 Å². The van der Waals surface area contributed by atoms with Crippen LogP contribution in [0.1, 0.15) is 56.9 Å². The fourth-order valence-electron chi connectivity index (χ4n) is 3.12. The summed E-state index contributed by atoms with van der Waals surface area (Å²) >= 11 is 0. The second kappa shape index (κ2) is 7.45. The van der Waals surface area contributed by atoms with Crippen LogP contribution in [0.2, 0.25) is 0 Å². The highest BCUT2D eigenvalue weighted by Gasteiger charge is 2.12. The number of aryl methyl sites for hydroxylation is 1. The van der Waals surface area contributed by atoms with Gasteiger partial charge in [-0.15, -0.1) is 0 Å². The van der Waals surface area contributed by atoms with Gasteiger partial charge in [-0.3, -0.25) is 0 Å². The van der Waals surface area contributed by atoms with Gasteiger partial charge in [0.1, 0.15) is 0 Å². The van der Waals surface area contributed by atoms with Crippen LogP contribution in [0.15, 0.2) is 24.3 Å². The minimum atomic E-state index is 1.04. The minimum Gasteiger partial charge on any atom is -0.388 e. The first-order chi connectivity index (χ1) is 8.88. The van der Waals surface area contributed by atoms with E-state index in [1.165, 1.54) is 69.0 Å². The lowest BCUT2D eigenvalue weighted by molar-refractivity contribution is 0.330. The number of rotatable bonds is 6. The lowest BCUT2D eigenvalue weighted by Gasteiger charge is -2.21. The Hall–Kier alpha value is -0.980. The number of anilines is 1. The van der Waals surface area contributed by atoms with Crippen LogP contribution < -0.4 is 5.32 Å². The molecular weight excluding hydrogens is 218 g/mol. The fraction of sp³-hybridized carbons (Fsp3) is 0.647. The molecule has 0 spiro atoms. The summed E-state index contributed by atoms with van der Waals surface area (Å²) in [6.07, 6.45) is 12.9. The van der Waals surface area contributed by atoms with E-state index in [2.05, 4.69) is 29.6 Å². The first-order valence-electron chi connectivity index (χ1n) is 7.65. The van der Waals surface area contributed by atoms with Crippen LogP contribution in [0.25, 0.3) is 0 Å². The summed E-state index contributed by atoms with van der Waals surface area (Å²) in [7, 11) is 1.99. The van der Waals surface area contributed by atoms with Crippen LogP contribution in [0.3, 0.4) is 0 Å². The summed E-state index contributed by atoms with van der Waals surface area (Å²) in [6.45, 7) is 0. The van der Waals surface area contributed by atoms with Crippen molar-refractivity contribution < 1.29 is 0 Å². The van der Waals surface area contributed by atoms with Crippen LogP contribution in [-0.4, -0.2) is 7.05 Å². The average molecular weight is 245 g/mol. The molecule has 1 fully saturated rings. The Morgan fingerprint density at radius 2 is 1.94 bits per heavy atom. The Morgan fingerprint density at radius 3 is 2.72 bits per heavy atom. The average Bonchev–Trinajstić information content (AvgIpc) is 2.45. The third-order valence-corrected chi connectivity index (χ3v) is 4.27. The second-order valence-electron chi connectivity index (χ2n) is 5.70. The standard InChI is InChI=1S/C17H27N/c1-18-17-13-7-12-16(14-17)11-6-5-10-15-8-3-2-4-9-15/h7,12-15,18H,2-6,8-11H2,1H3. The largest absolute Gasteiger partial charge is 0.388 e. The Balaban J connectivity index is 1.65. The molecule has 0 atom stereocenters. The summed E-state index contributed by atoms with van der Waals surface area (Å²) in [6, 6.07) is 8.82. The molecule has 1 N–H and O–H groups in total. The van der Waals surface area contributed by atoms with Crippen molar-refractivity contribution in [2.45, 2.75) is 57.8 Å². The van der Waals surface area contributed by atoms with Gasteiger partial charge in [0, 0.05) is 12.7 Å². The zero-order valence-corrected chi connectivity index (χ0v) is 11.8.